The van der Waals surface area contributed by atoms with Crippen LogP contribution in [0.25, 0.3) is 0 Å². The number of non-ortho nitro benzene ring substituents is 1. The van der Waals surface area contributed by atoms with Gasteiger partial charge in [-0.2, -0.15) is 4.31 Å². The van der Waals surface area contributed by atoms with Crippen molar-refractivity contribution in [2.45, 2.75) is 17.9 Å². The molecular formula is C16H19N3O4S. The van der Waals surface area contributed by atoms with E-state index in [0.29, 0.717) is 0 Å². The molecule has 2 rings (SSSR count). The van der Waals surface area contributed by atoms with Crippen LogP contribution in [0.3, 0.4) is 0 Å². The standard InChI is InChI=1S/C16H19N3O4S/c1-2-18(12-16(17)13-6-4-3-5-7-13)24(22,23)15-10-8-14(9-11-15)19(20)21/h3-11,16H,2,12,17H2,1H3/t16-/m1/s1. The molecule has 128 valence electrons. The Kier molecular flexibility index (Phi) is 5.66. The molecule has 0 amide bonds. The molecule has 7 nitrogen and oxygen atoms in total. The maximum atomic E-state index is 12.7. The third kappa shape index (κ3) is 3.97. The second-order valence-corrected chi connectivity index (χ2v) is 7.16. The lowest BCUT2D eigenvalue weighted by atomic mass is 10.1. The van der Waals surface area contributed by atoms with Crippen LogP contribution in [-0.4, -0.2) is 30.7 Å². The molecule has 0 radical (unpaired) electrons. The molecule has 2 N–H and O–H groups in total. The minimum Gasteiger partial charge on any atom is -0.323 e. The second-order valence-electron chi connectivity index (χ2n) is 5.22. The summed E-state index contributed by atoms with van der Waals surface area (Å²) in [5, 5.41) is 10.7. The van der Waals surface area contributed by atoms with Crippen molar-refractivity contribution in [3.8, 4) is 0 Å². The fraction of sp³-hybridized carbons (Fsp3) is 0.250. The molecule has 1 atom stereocenters. The van der Waals surface area contributed by atoms with E-state index in [9.17, 15) is 18.5 Å². The SMILES string of the molecule is CCN(C[C@@H](N)c1ccccc1)S(=O)(=O)c1ccc([N+](=O)[O-])cc1. The molecule has 8 heteroatoms. The summed E-state index contributed by atoms with van der Waals surface area (Å²) in [5.41, 5.74) is 6.80. The predicted octanol–water partition coefficient (Wildman–Crippen LogP) is 2.31. The van der Waals surface area contributed by atoms with Gasteiger partial charge < -0.3 is 5.73 Å². The molecule has 0 spiro atoms. The van der Waals surface area contributed by atoms with Gasteiger partial charge in [0.2, 0.25) is 10.0 Å². The van der Waals surface area contributed by atoms with E-state index < -0.39 is 21.0 Å². The van der Waals surface area contributed by atoms with Gasteiger partial charge in [0, 0.05) is 31.3 Å². The number of nitro groups is 1. The van der Waals surface area contributed by atoms with Gasteiger partial charge in [0.15, 0.2) is 0 Å². The smallest absolute Gasteiger partial charge is 0.269 e. The Morgan fingerprint density at radius 2 is 1.71 bits per heavy atom. The van der Waals surface area contributed by atoms with Gasteiger partial charge in [0.25, 0.3) is 5.69 Å². The van der Waals surface area contributed by atoms with Crippen molar-refractivity contribution < 1.29 is 13.3 Å². The van der Waals surface area contributed by atoms with Crippen LogP contribution in [0.5, 0.6) is 0 Å². The zero-order valence-corrected chi connectivity index (χ0v) is 14.0. The lowest BCUT2D eigenvalue weighted by Gasteiger charge is -2.24. The average Bonchev–Trinajstić information content (AvgIpc) is 2.60. The van der Waals surface area contributed by atoms with Gasteiger partial charge in [-0.3, -0.25) is 10.1 Å². The largest absolute Gasteiger partial charge is 0.323 e. The van der Waals surface area contributed by atoms with E-state index in [1.807, 2.05) is 30.3 Å². The molecule has 0 heterocycles. The fourth-order valence-corrected chi connectivity index (χ4v) is 3.79. The third-order valence-corrected chi connectivity index (χ3v) is 5.62. The van der Waals surface area contributed by atoms with E-state index in [1.54, 1.807) is 6.92 Å². The minimum atomic E-state index is -3.77. The number of hydrogen-bond donors (Lipinski definition) is 1. The number of nitro benzene ring substituents is 1. The van der Waals surface area contributed by atoms with Crippen LogP contribution in [0.1, 0.15) is 18.5 Å². The molecule has 0 aliphatic heterocycles. The molecule has 0 aliphatic carbocycles. The molecule has 2 aromatic carbocycles. The van der Waals surface area contributed by atoms with Gasteiger partial charge in [-0.15, -0.1) is 0 Å². The summed E-state index contributed by atoms with van der Waals surface area (Å²) in [5.74, 6) is 0. The van der Waals surface area contributed by atoms with E-state index in [1.165, 1.54) is 28.6 Å². The molecule has 0 unspecified atom stereocenters. The Labute approximate surface area is 140 Å². The topological polar surface area (TPSA) is 107 Å². The summed E-state index contributed by atoms with van der Waals surface area (Å²) in [6.07, 6.45) is 0. The molecular weight excluding hydrogens is 330 g/mol. The number of rotatable bonds is 7. The monoisotopic (exact) mass is 349 g/mol. The van der Waals surface area contributed by atoms with Crippen LogP contribution in [0.15, 0.2) is 59.5 Å². The quantitative estimate of drug-likeness (QED) is 0.610. The van der Waals surface area contributed by atoms with Crippen molar-refractivity contribution in [2.75, 3.05) is 13.1 Å². The van der Waals surface area contributed by atoms with E-state index >= 15 is 0 Å². The summed E-state index contributed by atoms with van der Waals surface area (Å²) < 4.78 is 26.7. The first-order chi connectivity index (χ1) is 11.4. The van der Waals surface area contributed by atoms with Crippen molar-refractivity contribution in [3.05, 3.63) is 70.3 Å². The highest BCUT2D eigenvalue weighted by molar-refractivity contribution is 7.89. The molecule has 24 heavy (non-hydrogen) atoms. The van der Waals surface area contributed by atoms with E-state index in [2.05, 4.69) is 0 Å². The van der Waals surface area contributed by atoms with Crippen molar-refractivity contribution in [3.63, 3.8) is 0 Å². The maximum Gasteiger partial charge on any atom is 0.269 e. The highest BCUT2D eigenvalue weighted by atomic mass is 32.2. The minimum absolute atomic E-state index is 0.00946. The number of hydrogen-bond acceptors (Lipinski definition) is 5. The summed E-state index contributed by atoms with van der Waals surface area (Å²) in [6.45, 7) is 2.10. The number of sulfonamides is 1. The van der Waals surface area contributed by atoms with Crippen molar-refractivity contribution in [2.24, 2.45) is 5.73 Å². The second kappa shape index (κ2) is 7.52. The van der Waals surface area contributed by atoms with Crippen LogP contribution in [0, 0.1) is 10.1 Å². The first-order valence-corrected chi connectivity index (χ1v) is 8.85. The molecule has 0 aliphatic rings. The molecule has 0 saturated heterocycles. The Morgan fingerprint density at radius 1 is 1.12 bits per heavy atom. The number of likely N-dealkylation sites (N-methyl/N-ethyl adjacent to an activating group) is 1. The summed E-state index contributed by atoms with van der Waals surface area (Å²) in [7, 11) is -3.77. The summed E-state index contributed by atoms with van der Waals surface area (Å²) >= 11 is 0. The van der Waals surface area contributed by atoms with E-state index in [0.717, 1.165) is 5.56 Å². The molecule has 0 fully saturated rings. The normalized spacial score (nSPS) is 13.0. The summed E-state index contributed by atoms with van der Waals surface area (Å²) in [4.78, 5) is 10.1. The first-order valence-electron chi connectivity index (χ1n) is 7.41. The Bertz CT molecular complexity index is 792. The van der Waals surface area contributed by atoms with E-state index in [-0.39, 0.29) is 23.7 Å². The van der Waals surface area contributed by atoms with Gasteiger partial charge in [-0.25, -0.2) is 8.42 Å². The Hall–Kier alpha value is -2.29. The third-order valence-electron chi connectivity index (χ3n) is 3.67. The zero-order chi connectivity index (χ0) is 17.7. The van der Waals surface area contributed by atoms with Crippen molar-refractivity contribution >= 4 is 15.7 Å². The average molecular weight is 349 g/mol. The lowest BCUT2D eigenvalue weighted by molar-refractivity contribution is -0.384. The molecule has 0 saturated carbocycles. The zero-order valence-electron chi connectivity index (χ0n) is 13.2. The van der Waals surface area contributed by atoms with Gasteiger partial charge in [-0.05, 0) is 17.7 Å². The lowest BCUT2D eigenvalue weighted by Crippen LogP contribution is -2.37. The van der Waals surface area contributed by atoms with Crippen molar-refractivity contribution in [1.82, 2.24) is 4.31 Å². The van der Waals surface area contributed by atoms with Crippen molar-refractivity contribution in [1.29, 1.82) is 0 Å². The van der Waals surface area contributed by atoms with Gasteiger partial charge >= 0.3 is 0 Å². The molecule has 2 aromatic rings. The van der Waals surface area contributed by atoms with Gasteiger partial charge in [0.1, 0.15) is 0 Å². The Morgan fingerprint density at radius 3 is 2.21 bits per heavy atom. The molecule has 0 bridgehead atoms. The number of benzene rings is 2. The highest BCUT2D eigenvalue weighted by Crippen LogP contribution is 2.21. The van der Waals surface area contributed by atoms with Crippen LogP contribution < -0.4 is 5.73 Å². The predicted molar refractivity (Wildman–Crippen MR) is 90.9 cm³/mol. The van der Waals surface area contributed by atoms with Gasteiger partial charge in [0.05, 0.1) is 9.82 Å². The van der Waals surface area contributed by atoms with Crippen LogP contribution in [-0.2, 0) is 10.0 Å². The van der Waals surface area contributed by atoms with Crippen LogP contribution in [0.2, 0.25) is 0 Å². The van der Waals surface area contributed by atoms with E-state index in [4.69, 9.17) is 5.73 Å². The van der Waals surface area contributed by atoms with Crippen LogP contribution in [0.4, 0.5) is 5.69 Å². The Balaban J connectivity index is 2.23. The van der Waals surface area contributed by atoms with Crippen LogP contribution >= 0.6 is 0 Å². The number of nitrogens with zero attached hydrogens (tertiary/aromatic N) is 2. The summed E-state index contributed by atoms with van der Waals surface area (Å²) in [6, 6.07) is 13.6. The fourth-order valence-electron chi connectivity index (χ4n) is 2.31. The first kappa shape index (κ1) is 18.1. The maximum absolute atomic E-state index is 12.7. The van der Waals surface area contributed by atoms with Gasteiger partial charge in [-0.1, -0.05) is 37.3 Å². The highest BCUT2D eigenvalue weighted by Gasteiger charge is 2.25. The molecule has 0 aromatic heterocycles. The number of nitrogens with two attached hydrogens (primary N) is 1.